The first kappa shape index (κ1) is 14.8. The summed E-state index contributed by atoms with van der Waals surface area (Å²) in [5.41, 5.74) is -0.756. The molecular weight excluding hydrogens is 245 g/mol. The Hall–Kier alpha value is -1.30. The lowest BCUT2D eigenvalue weighted by atomic mass is 10.2. The number of pyridine rings is 1. The molecule has 0 aliphatic heterocycles. The van der Waals surface area contributed by atoms with Crippen molar-refractivity contribution in [1.29, 1.82) is 0 Å². The molecule has 0 atom stereocenters. The summed E-state index contributed by atoms with van der Waals surface area (Å²) in [5.74, 6) is 0.253. The second-order valence-electron chi connectivity index (χ2n) is 4.29. The lowest BCUT2D eigenvalue weighted by Crippen LogP contribution is -2.16. The van der Waals surface area contributed by atoms with Crippen LogP contribution in [0.4, 0.5) is 19.0 Å². The molecule has 0 saturated heterocycles. The molecule has 0 aliphatic rings. The van der Waals surface area contributed by atoms with Crippen LogP contribution in [0, 0.1) is 5.92 Å². The summed E-state index contributed by atoms with van der Waals surface area (Å²) in [6.07, 6.45) is -3.07. The highest BCUT2D eigenvalue weighted by Crippen LogP contribution is 2.33. The highest BCUT2D eigenvalue weighted by Gasteiger charge is 2.33. The van der Waals surface area contributed by atoms with Crippen molar-refractivity contribution in [1.82, 2.24) is 4.98 Å². The zero-order chi connectivity index (χ0) is 13.6. The number of halogens is 3. The smallest absolute Gasteiger partial charge is 0.379 e. The normalized spacial score (nSPS) is 11.9. The molecule has 1 rings (SSSR count). The molecule has 3 nitrogen and oxygen atoms in total. The predicted octanol–water partition coefficient (Wildman–Crippen LogP) is 3.18. The maximum absolute atomic E-state index is 12.6. The van der Waals surface area contributed by atoms with Crippen LogP contribution in [0.15, 0.2) is 18.3 Å². The lowest BCUT2D eigenvalue weighted by Gasteiger charge is -2.13. The Labute approximate surface area is 104 Å². The first-order chi connectivity index (χ1) is 8.41. The van der Waals surface area contributed by atoms with Gasteiger partial charge in [0, 0.05) is 19.3 Å². The van der Waals surface area contributed by atoms with Crippen molar-refractivity contribution >= 4 is 5.82 Å². The van der Waals surface area contributed by atoms with Crippen molar-refractivity contribution in [3.05, 3.63) is 23.9 Å². The zero-order valence-electron chi connectivity index (χ0n) is 10.4. The van der Waals surface area contributed by atoms with Gasteiger partial charge in [0.05, 0.1) is 12.2 Å². The number of ether oxygens (including phenoxy) is 1. The molecule has 0 radical (unpaired) electrons. The van der Waals surface area contributed by atoms with Gasteiger partial charge in [-0.15, -0.1) is 0 Å². The third-order valence-corrected chi connectivity index (χ3v) is 2.10. The fourth-order valence-electron chi connectivity index (χ4n) is 1.34. The molecule has 0 amide bonds. The van der Waals surface area contributed by atoms with E-state index in [4.69, 9.17) is 4.74 Å². The van der Waals surface area contributed by atoms with Crippen LogP contribution in [0.5, 0.6) is 0 Å². The Morgan fingerprint density at radius 3 is 2.72 bits per heavy atom. The van der Waals surface area contributed by atoms with Crippen molar-refractivity contribution in [3.8, 4) is 0 Å². The van der Waals surface area contributed by atoms with Crippen molar-refractivity contribution in [2.24, 2.45) is 5.92 Å². The molecule has 6 heteroatoms. The highest BCUT2D eigenvalue weighted by molar-refractivity contribution is 5.45. The van der Waals surface area contributed by atoms with E-state index in [1.807, 2.05) is 13.8 Å². The van der Waals surface area contributed by atoms with Crippen molar-refractivity contribution in [3.63, 3.8) is 0 Å². The Bertz CT molecular complexity index is 367. The minimum absolute atomic E-state index is 0.154. The van der Waals surface area contributed by atoms with E-state index in [0.717, 1.165) is 6.07 Å². The topological polar surface area (TPSA) is 34.1 Å². The molecule has 0 bridgehead atoms. The number of hydrogen-bond donors (Lipinski definition) is 1. The molecule has 1 N–H and O–H groups in total. The molecule has 0 fully saturated rings. The van der Waals surface area contributed by atoms with E-state index >= 15 is 0 Å². The highest BCUT2D eigenvalue weighted by atomic mass is 19.4. The fourth-order valence-corrected chi connectivity index (χ4v) is 1.34. The van der Waals surface area contributed by atoms with Gasteiger partial charge < -0.3 is 10.1 Å². The number of alkyl halides is 3. The molecule has 1 aromatic rings. The average molecular weight is 262 g/mol. The summed E-state index contributed by atoms with van der Waals surface area (Å²) >= 11 is 0. The van der Waals surface area contributed by atoms with E-state index in [0.29, 0.717) is 25.7 Å². The van der Waals surface area contributed by atoms with Gasteiger partial charge in [-0.3, -0.25) is 0 Å². The summed E-state index contributed by atoms with van der Waals surface area (Å²) in [7, 11) is 0. The predicted molar refractivity (Wildman–Crippen MR) is 63.4 cm³/mol. The van der Waals surface area contributed by atoms with Gasteiger partial charge in [0.2, 0.25) is 0 Å². The first-order valence-electron chi connectivity index (χ1n) is 5.75. The number of nitrogens with zero attached hydrogens (tertiary/aromatic N) is 1. The van der Waals surface area contributed by atoms with Gasteiger partial charge in [-0.1, -0.05) is 13.8 Å². The second kappa shape index (κ2) is 6.58. The van der Waals surface area contributed by atoms with E-state index in [9.17, 15) is 13.2 Å². The number of hydrogen-bond acceptors (Lipinski definition) is 3. The van der Waals surface area contributed by atoms with Crippen LogP contribution in [0.3, 0.4) is 0 Å². The van der Waals surface area contributed by atoms with Crippen LogP contribution in [0.2, 0.25) is 0 Å². The SMILES string of the molecule is CC(C)COCCNc1ncccc1C(F)(F)F. The molecule has 0 unspecified atom stereocenters. The quantitative estimate of drug-likeness (QED) is 0.799. The fraction of sp³-hybridized carbons (Fsp3) is 0.583. The van der Waals surface area contributed by atoms with Crippen LogP contribution in [-0.2, 0) is 10.9 Å². The summed E-state index contributed by atoms with van der Waals surface area (Å²) in [6, 6.07) is 2.27. The van der Waals surface area contributed by atoms with Gasteiger partial charge in [0.25, 0.3) is 0 Å². The van der Waals surface area contributed by atoms with Gasteiger partial charge in [-0.05, 0) is 18.1 Å². The Balaban J connectivity index is 2.47. The summed E-state index contributed by atoms with van der Waals surface area (Å²) in [4.78, 5) is 3.69. The third-order valence-electron chi connectivity index (χ3n) is 2.10. The van der Waals surface area contributed by atoms with Gasteiger partial charge in [-0.25, -0.2) is 4.98 Å². The van der Waals surface area contributed by atoms with Gasteiger partial charge in [0.1, 0.15) is 5.82 Å². The lowest BCUT2D eigenvalue weighted by molar-refractivity contribution is -0.137. The number of aromatic nitrogens is 1. The van der Waals surface area contributed by atoms with Crippen LogP contribution < -0.4 is 5.32 Å². The molecule has 0 spiro atoms. The second-order valence-corrected chi connectivity index (χ2v) is 4.29. The molecule has 0 saturated carbocycles. The molecule has 1 heterocycles. The van der Waals surface area contributed by atoms with Crippen LogP contribution in [0.25, 0.3) is 0 Å². The Morgan fingerprint density at radius 1 is 1.39 bits per heavy atom. The van der Waals surface area contributed by atoms with Crippen molar-refractivity contribution in [2.45, 2.75) is 20.0 Å². The third kappa shape index (κ3) is 4.91. The summed E-state index contributed by atoms with van der Waals surface area (Å²) in [5, 5.41) is 2.64. The molecule has 18 heavy (non-hydrogen) atoms. The van der Waals surface area contributed by atoms with Gasteiger partial charge in [-0.2, -0.15) is 13.2 Å². The zero-order valence-corrected chi connectivity index (χ0v) is 10.4. The summed E-state index contributed by atoms with van der Waals surface area (Å²) < 4.78 is 43.1. The Kier molecular flexibility index (Phi) is 5.40. The van der Waals surface area contributed by atoms with E-state index in [1.54, 1.807) is 0 Å². The minimum atomic E-state index is -4.39. The van der Waals surface area contributed by atoms with Crippen LogP contribution >= 0.6 is 0 Å². The molecule has 102 valence electrons. The van der Waals surface area contributed by atoms with Crippen LogP contribution in [-0.4, -0.2) is 24.7 Å². The van der Waals surface area contributed by atoms with E-state index < -0.39 is 11.7 Å². The van der Waals surface area contributed by atoms with Gasteiger partial charge in [0.15, 0.2) is 0 Å². The molecule has 1 aromatic heterocycles. The Morgan fingerprint density at radius 2 is 2.11 bits per heavy atom. The first-order valence-corrected chi connectivity index (χ1v) is 5.75. The average Bonchev–Trinajstić information content (AvgIpc) is 2.27. The largest absolute Gasteiger partial charge is 0.419 e. The maximum Gasteiger partial charge on any atom is 0.419 e. The standard InChI is InChI=1S/C12H17F3N2O/c1-9(2)8-18-7-6-17-11-10(12(13,14)15)4-3-5-16-11/h3-5,9H,6-8H2,1-2H3,(H,16,17). The molecule has 0 aromatic carbocycles. The van der Waals surface area contributed by atoms with Gasteiger partial charge >= 0.3 is 6.18 Å². The van der Waals surface area contributed by atoms with Crippen molar-refractivity contribution < 1.29 is 17.9 Å². The summed E-state index contributed by atoms with van der Waals surface area (Å²) in [6.45, 7) is 5.26. The van der Waals surface area contributed by atoms with Crippen molar-refractivity contribution in [2.75, 3.05) is 25.1 Å². The van der Waals surface area contributed by atoms with E-state index in [2.05, 4.69) is 10.3 Å². The van der Waals surface area contributed by atoms with E-state index in [-0.39, 0.29) is 5.82 Å². The minimum Gasteiger partial charge on any atom is -0.379 e. The molecule has 0 aliphatic carbocycles. The maximum atomic E-state index is 12.6. The number of rotatable bonds is 6. The van der Waals surface area contributed by atoms with Crippen LogP contribution in [0.1, 0.15) is 19.4 Å². The number of nitrogens with one attached hydrogen (secondary N) is 1. The monoisotopic (exact) mass is 262 g/mol. The number of anilines is 1. The molecular formula is C12H17F3N2O. The van der Waals surface area contributed by atoms with E-state index in [1.165, 1.54) is 12.3 Å².